The smallest absolute Gasteiger partial charge is 0.284 e. The third-order valence-corrected chi connectivity index (χ3v) is 2.21. The van der Waals surface area contributed by atoms with E-state index in [0.717, 1.165) is 6.07 Å². The van der Waals surface area contributed by atoms with Gasteiger partial charge in [0, 0.05) is 17.0 Å². The largest absolute Gasteiger partial charge is 0.504 e. The van der Waals surface area contributed by atoms with E-state index in [2.05, 4.69) is 0 Å². The number of nitrogens with two attached hydrogens (primary N) is 1. The SMILES string of the molecule is Cc1c(C(N)=O)oc2c(O)cc(F)cc12. The van der Waals surface area contributed by atoms with Gasteiger partial charge in [-0.3, -0.25) is 4.79 Å². The first-order valence-electron chi connectivity index (χ1n) is 4.22. The molecule has 15 heavy (non-hydrogen) atoms. The summed E-state index contributed by atoms with van der Waals surface area (Å²) in [6.07, 6.45) is 0. The van der Waals surface area contributed by atoms with E-state index in [1.165, 1.54) is 6.07 Å². The van der Waals surface area contributed by atoms with Crippen molar-refractivity contribution < 1.29 is 18.7 Å². The van der Waals surface area contributed by atoms with Crippen molar-refractivity contribution in [3.8, 4) is 5.75 Å². The normalized spacial score (nSPS) is 10.8. The van der Waals surface area contributed by atoms with Crippen LogP contribution in [0.3, 0.4) is 0 Å². The van der Waals surface area contributed by atoms with Gasteiger partial charge in [0.2, 0.25) is 0 Å². The van der Waals surface area contributed by atoms with Gasteiger partial charge in [-0.15, -0.1) is 0 Å². The number of aromatic hydroxyl groups is 1. The van der Waals surface area contributed by atoms with Gasteiger partial charge in [0.1, 0.15) is 5.82 Å². The van der Waals surface area contributed by atoms with Crippen molar-refractivity contribution in [1.29, 1.82) is 0 Å². The van der Waals surface area contributed by atoms with Crippen LogP contribution in [0.15, 0.2) is 16.5 Å². The predicted octanol–water partition coefficient (Wildman–Crippen LogP) is 1.68. The molecule has 0 saturated heterocycles. The molecule has 0 aliphatic rings. The van der Waals surface area contributed by atoms with Gasteiger partial charge in [-0.05, 0) is 13.0 Å². The molecule has 0 fully saturated rings. The first kappa shape index (κ1) is 9.51. The van der Waals surface area contributed by atoms with Gasteiger partial charge >= 0.3 is 0 Å². The summed E-state index contributed by atoms with van der Waals surface area (Å²) < 4.78 is 18.0. The van der Waals surface area contributed by atoms with Gasteiger partial charge in [-0.2, -0.15) is 0 Å². The van der Waals surface area contributed by atoms with E-state index in [9.17, 15) is 14.3 Å². The molecule has 0 bridgehead atoms. The van der Waals surface area contributed by atoms with Gasteiger partial charge in [0.25, 0.3) is 5.91 Å². The molecule has 2 rings (SSSR count). The Morgan fingerprint density at radius 2 is 2.20 bits per heavy atom. The van der Waals surface area contributed by atoms with Crippen molar-refractivity contribution in [3.63, 3.8) is 0 Å². The second-order valence-electron chi connectivity index (χ2n) is 3.22. The van der Waals surface area contributed by atoms with E-state index < -0.39 is 11.7 Å². The standard InChI is InChI=1S/C10H8FNO3/c1-4-6-2-5(11)3-7(13)9(6)15-8(4)10(12)14/h2-3,13H,1H3,(H2,12,14). The number of benzene rings is 1. The highest BCUT2D eigenvalue weighted by Gasteiger charge is 2.18. The minimum absolute atomic E-state index is 0.0640. The predicted molar refractivity (Wildman–Crippen MR) is 51.1 cm³/mol. The van der Waals surface area contributed by atoms with E-state index in [-0.39, 0.29) is 17.1 Å². The van der Waals surface area contributed by atoms with Crippen molar-refractivity contribution in [2.75, 3.05) is 0 Å². The number of primary amides is 1. The van der Waals surface area contributed by atoms with Crippen LogP contribution in [-0.2, 0) is 0 Å². The molecule has 1 heterocycles. The van der Waals surface area contributed by atoms with Crippen LogP contribution in [0, 0.1) is 12.7 Å². The number of carbonyl (C=O) groups is 1. The Labute approximate surface area is 84.1 Å². The molecule has 2 aromatic rings. The van der Waals surface area contributed by atoms with E-state index in [1.807, 2.05) is 0 Å². The zero-order chi connectivity index (χ0) is 11.2. The average Bonchev–Trinajstić information content (AvgIpc) is 2.44. The molecule has 1 amide bonds. The molecule has 0 spiro atoms. The maximum atomic E-state index is 13.0. The van der Waals surface area contributed by atoms with Gasteiger partial charge in [-0.1, -0.05) is 0 Å². The zero-order valence-corrected chi connectivity index (χ0v) is 7.87. The van der Waals surface area contributed by atoms with Crippen molar-refractivity contribution in [1.82, 2.24) is 0 Å². The number of phenols is 1. The fraction of sp³-hybridized carbons (Fsp3) is 0.100. The molecule has 0 radical (unpaired) electrons. The maximum Gasteiger partial charge on any atom is 0.284 e. The third-order valence-electron chi connectivity index (χ3n) is 2.21. The average molecular weight is 209 g/mol. The fourth-order valence-electron chi connectivity index (χ4n) is 1.50. The number of furan rings is 1. The van der Waals surface area contributed by atoms with Crippen molar-refractivity contribution in [2.24, 2.45) is 5.73 Å². The summed E-state index contributed by atoms with van der Waals surface area (Å²) in [6.45, 7) is 1.57. The number of phenolic OH excluding ortho intramolecular Hbond substituents is 1. The van der Waals surface area contributed by atoms with Crippen LogP contribution in [0.2, 0.25) is 0 Å². The lowest BCUT2D eigenvalue weighted by atomic mass is 10.1. The fourth-order valence-corrected chi connectivity index (χ4v) is 1.50. The topological polar surface area (TPSA) is 76.5 Å². The first-order chi connectivity index (χ1) is 7.00. The maximum absolute atomic E-state index is 13.0. The van der Waals surface area contributed by atoms with Crippen LogP contribution in [-0.4, -0.2) is 11.0 Å². The van der Waals surface area contributed by atoms with E-state index in [0.29, 0.717) is 10.9 Å². The minimum atomic E-state index is -0.747. The zero-order valence-electron chi connectivity index (χ0n) is 7.87. The minimum Gasteiger partial charge on any atom is -0.504 e. The van der Waals surface area contributed by atoms with Gasteiger partial charge < -0.3 is 15.3 Å². The van der Waals surface area contributed by atoms with Gasteiger partial charge in [0.15, 0.2) is 17.1 Å². The molecule has 4 nitrogen and oxygen atoms in total. The Bertz CT molecular complexity index is 559. The van der Waals surface area contributed by atoms with Crippen LogP contribution in [0.5, 0.6) is 5.75 Å². The lowest BCUT2D eigenvalue weighted by molar-refractivity contribution is 0.0975. The second-order valence-corrected chi connectivity index (χ2v) is 3.22. The number of carbonyl (C=O) groups excluding carboxylic acids is 1. The summed E-state index contributed by atoms with van der Waals surface area (Å²) in [5.41, 5.74) is 5.55. The molecule has 1 aromatic carbocycles. The second kappa shape index (κ2) is 2.98. The number of aryl methyl sites for hydroxylation is 1. The molecule has 3 N–H and O–H groups in total. The molecule has 5 heteroatoms. The van der Waals surface area contributed by atoms with E-state index in [4.69, 9.17) is 10.2 Å². The summed E-state index contributed by atoms with van der Waals surface area (Å²) in [5.74, 6) is -1.75. The molecule has 0 unspecified atom stereocenters. The van der Waals surface area contributed by atoms with Crippen molar-refractivity contribution >= 4 is 16.9 Å². The Morgan fingerprint density at radius 3 is 2.80 bits per heavy atom. The molecule has 78 valence electrons. The van der Waals surface area contributed by atoms with Crippen molar-refractivity contribution in [2.45, 2.75) is 6.92 Å². The quantitative estimate of drug-likeness (QED) is 0.750. The van der Waals surface area contributed by atoms with Crippen LogP contribution < -0.4 is 5.73 Å². The molecule has 0 saturated carbocycles. The Kier molecular flexibility index (Phi) is 1.89. The molecular formula is C10H8FNO3. The van der Waals surface area contributed by atoms with Crippen molar-refractivity contribution in [3.05, 3.63) is 29.3 Å². The lowest BCUT2D eigenvalue weighted by Gasteiger charge is -1.93. The van der Waals surface area contributed by atoms with Crippen LogP contribution in [0.25, 0.3) is 11.0 Å². The molecule has 1 aromatic heterocycles. The third kappa shape index (κ3) is 1.32. The number of hydrogen-bond acceptors (Lipinski definition) is 3. The number of hydrogen-bond donors (Lipinski definition) is 2. The van der Waals surface area contributed by atoms with Crippen LogP contribution in [0.4, 0.5) is 4.39 Å². The highest BCUT2D eigenvalue weighted by molar-refractivity contribution is 5.99. The van der Waals surface area contributed by atoms with Gasteiger partial charge in [0.05, 0.1) is 0 Å². The first-order valence-corrected chi connectivity index (χ1v) is 4.22. The summed E-state index contributed by atoms with van der Waals surface area (Å²) >= 11 is 0. The Balaban J connectivity index is 2.88. The number of halogens is 1. The van der Waals surface area contributed by atoms with Crippen LogP contribution >= 0.6 is 0 Å². The van der Waals surface area contributed by atoms with Gasteiger partial charge in [-0.25, -0.2) is 4.39 Å². The summed E-state index contributed by atoms with van der Waals surface area (Å²) in [6, 6.07) is 2.09. The molecule has 0 aliphatic heterocycles. The summed E-state index contributed by atoms with van der Waals surface area (Å²) in [5, 5.41) is 9.73. The number of rotatable bonds is 1. The monoisotopic (exact) mass is 209 g/mol. The molecule has 0 atom stereocenters. The van der Waals surface area contributed by atoms with E-state index in [1.54, 1.807) is 6.92 Å². The highest BCUT2D eigenvalue weighted by Crippen LogP contribution is 2.32. The summed E-state index contributed by atoms with van der Waals surface area (Å²) in [4.78, 5) is 10.9. The Morgan fingerprint density at radius 1 is 1.53 bits per heavy atom. The highest BCUT2D eigenvalue weighted by atomic mass is 19.1. The molecule has 0 aliphatic carbocycles. The Hall–Kier alpha value is -2.04. The lowest BCUT2D eigenvalue weighted by Crippen LogP contribution is -2.10. The van der Waals surface area contributed by atoms with E-state index >= 15 is 0 Å². The molecular weight excluding hydrogens is 201 g/mol. The van der Waals surface area contributed by atoms with Crippen LogP contribution in [0.1, 0.15) is 16.1 Å². The number of fused-ring (bicyclic) bond motifs is 1. The summed E-state index contributed by atoms with van der Waals surface area (Å²) in [7, 11) is 0. The number of amides is 1.